The fourth-order valence-corrected chi connectivity index (χ4v) is 3.41. The highest BCUT2D eigenvalue weighted by Crippen LogP contribution is 2.22. The molecule has 1 aliphatic heterocycles. The number of hydrogen-bond acceptors (Lipinski definition) is 5. The van der Waals surface area contributed by atoms with Gasteiger partial charge in [0.05, 0.1) is 12.5 Å². The monoisotopic (exact) mass is 429 g/mol. The second kappa shape index (κ2) is 10.2. The molecule has 0 saturated carbocycles. The minimum Gasteiger partial charge on any atom is -0.349 e. The largest absolute Gasteiger partial charge is 0.349 e. The van der Waals surface area contributed by atoms with Gasteiger partial charge in [0.15, 0.2) is 0 Å². The zero-order valence-electron chi connectivity index (χ0n) is 16.4. The van der Waals surface area contributed by atoms with Gasteiger partial charge in [-0.1, -0.05) is 54.1 Å². The molecule has 2 aromatic carbocycles. The summed E-state index contributed by atoms with van der Waals surface area (Å²) in [6, 6.07) is 15.6. The molecule has 0 radical (unpaired) electrons. The summed E-state index contributed by atoms with van der Waals surface area (Å²) >= 11 is 5.90. The molecule has 5 N–H and O–H groups in total. The first kappa shape index (κ1) is 21.8. The molecule has 0 spiro atoms. The third kappa shape index (κ3) is 6.03. The van der Waals surface area contributed by atoms with E-state index in [4.69, 9.17) is 11.6 Å². The van der Waals surface area contributed by atoms with E-state index in [9.17, 15) is 14.4 Å². The molecule has 0 aromatic heterocycles. The van der Waals surface area contributed by atoms with Gasteiger partial charge in [0.1, 0.15) is 6.04 Å². The van der Waals surface area contributed by atoms with Crippen molar-refractivity contribution >= 4 is 29.3 Å². The maximum atomic E-state index is 12.4. The molecule has 3 atom stereocenters. The van der Waals surface area contributed by atoms with E-state index in [0.717, 1.165) is 11.1 Å². The normalized spacial score (nSPS) is 19.0. The van der Waals surface area contributed by atoms with Crippen molar-refractivity contribution in [3.05, 3.63) is 70.7 Å². The van der Waals surface area contributed by atoms with Crippen LogP contribution >= 0.6 is 11.6 Å². The Labute approximate surface area is 179 Å². The lowest BCUT2D eigenvalue weighted by Gasteiger charge is -2.19. The molecule has 3 rings (SSSR count). The number of hydrogen-bond donors (Lipinski definition) is 5. The summed E-state index contributed by atoms with van der Waals surface area (Å²) in [5.74, 6) is -1.04. The molecule has 1 saturated heterocycles. The van der Waals surface area contributed by atoms with Crippen LogP contribution in [0.2, 0.25) is 5.02 Å². The molecule has 3 amide bonds. The molecule has 0 bridgehead atoms. The lowest BCUT2D eigenvalue weighted by Crippen LogP contribution is -2.50. The summed E-state index contributed by atoms with van der Waals surface area (Å²) in [6.45, 7) is 1.38. The molecular weight excluding hydrogens is 406 g/mol. The Morgan fingerprint density at radius 3 is 2.40 bits per heavy atom. The van der Waals surface area contributed by atoms with Crippen LogP contribution in [-0.2, 0) is 14.4 Å². The fourth-order valence-electron chi connectivity index (χ4n) is 3.28. The van der Waals surface area contributed by atoms with E-state index in [1.54, 1.807) is 24.3 Å². The first-order chi connectivity index (χ1) is 14.4. The average Bonchev–Trinajstić information content (AvgIpc) is 3.23. The third-order valence-corrected chi connectivity index (χ3v) is 5.04. The van der Waals surface area contributed by atoms with Crippen LogP contribution < -0.4 is 27.0 Å². The topological polar surface area (TPSA) is 111 Å². The summed E-state index contributed by atoms with van der Waals surface area (Å²) in [7, 11) is 0. The Balaban J connectivity index is 1.50. The Bertz CT molecular complexity index is 891. The van der Waals surface area contributed by atoms with Gasteiger partial charge in [0.25, 0.3) is 5.91 Å². The van der Waals surface area contributed by atoms with E-state index in [1.165, 1.54) is 6.92 Å². The first-order valence-corrected chi connectivity index (χ1v) is 9.97. The fraction of sp³-hybridized carbons (Fsp3) is 0.286. The summed E-state index contributed by atoms with van der Waals surface area (Å²) in [6.07, 6.45) is 0.509. The Morgan fingerprint density at radius 1 is 1.03 bits per heavy atom. The molecule has 158 valence electrons. The highest BCUT2D eigenvalue weighted by Gasteiger charge is 2.30. The van der Waals surface area contributed by atoms with Crippen molar-refractivity contribution in [2.24, 2.45) is 0 Å². The number of hydrazine groups is 2. The van der Waals surface area contributed by atoms with Gasteiger partial charge >= 0.3 is 0 Å². The number of carbonyl (C=O) groups excluding carboxylic acids is 3. The smallest absolute Gasteiger partial charge is 0.256 e. The van der Waals surface area contributed by atoms with Gasteiger partial charge in [-0.25, -0.2) is 10.9 Å². The number of halogens is 1. The van der Waals surface area contributed by atoms with E-state index >= 15 is 0 Å². The van der Waals surface area contributed by atoms with Crippen LogP contribution in [0.1, 0.15) is 43.0 Å². The molecule has 9 heteroatoms. The van der Waals surface area contributed by atoms with Crippen molar-refractivity contribution in [3.63, 3.8) is 0 Å². The van der Waals surface area contributed by atoms with Crippen molar-refractivity contribution in [2.75, 3.05) is 0 Å². The maximum Gasteiger partial charge on any atom is 0.256 e. The molecule has 8 nitrogen and oxygen atoms in total. The predicted octanol–water partition coefficient (Wildman–Crippen LogP) is 1.66. The summed E-state index contributed by atoms with van der Waals surface area (Å²) < 4.78 is 0. The van der Waals surface area contributed by atoms with E-state index in [0.29, 0.717) is 11.4 Å². The average molecular weight is 430 g/mol. The molecule has 0 aliphatic carbocycles. The molecule has 1 heterocycles. The lowest BCUT2D eigenvalue weighted by molar-refractivity contribution is -0.130. The third-order valence-electron chi connectivity index (χ3n) is 4.79. The van der Waals surface area contributed by atoms with Gasteiger partial charge in [-0.3, -0.25) is 25.2 Å². The van der Waals surface area contributed by atoms with E-state index in [1.807, 2.05) is 30.3 Å². The van der Waals surface area contributed by atoms with Crippen molar-refractivity contribution in [2.45, 2.75) is 37.9 Å². The second-order valence-electron chi connectivity index (χ2n) is 7.09. The van der Waals surface area contributed by atoms with Crippen LogP contribution in [0.5, 0.6) is 0 Å². The molecule has 1 aliphatic rings. The van der Waals surface area contributed by atoms with Gasteiger partial charge in [-0.05, 0) is 29.7 Å². The van der Waals surface area contributed by atoms with Crippen LogP contribution in [0.15, 0.2) is 54.6 Å². The van der Waals surface area contributed by atoms with E-state index in [-0.39, 0.29) is 24.3 Å². The Hall–Kier alpha value is -2.94. The van der Waals surface area contributed by atoms with Gasteiger partial charge in [-0.2, -0.15) is 0 Å². The van der Waals surface area contributed by atoms with Gasteiger partial charge in [0, 0.05) is 18.0 Å². The van der Waals surface area contributed by atoms with Crippen molar-refractivity contribution in [1.29, 1.82) is 0 Å². The molecule has 30 heavy (non-hydrogen) atoms. The van der Waals surface area contributed by atoms with E-state index in [2.05, 4.69) is 27.0 Å². The summed E-state index contributed by atoms with van der Waals surface area (Å²) in [5.41, 5.74) is 12.7. The van der Waals surface area contributed by atoms with Crippen LogP contribution in [0.25, 0.3) is 0 Å². The minimum absolute atomic E-state index is 0.00621. The SMILES string of the molecule is CC(=O)NC(CC(=O)NNC(=O)C1CC(c2ccccc2)NN1)c1ccc(Cl)cc1. The Kier molecular flexibility index (Phi) is 7.40. The summed E-state index contributed by atoms with van der Waals surface area (Å²) in [5, 5.41) is 3.29. The first-order valence-electron chi connectivity index (χ1n) is 9.59. The van der Waals surface area contributed by atoms with Crippen LogP contribution in [0.4, 0.5) is 0 Å². The van der Waals surface area contributed by atoms with Gasteiger partial charge in [0.2, 0.25) is 11.8 Å². The van der Waals surface area contributed by atoms with Crippen molar-refractivity contribution in [3.8, 4) is 0 Å². The van der Waals surface area contributed by atoms with Crippen LogP contribution in [0, 0.1) is 0 Å². The minimum atomic E-state index is -0.537. The summed E-state index contributed by atoms with van der Waals surface area (Å²) in [4.78, 5) is 36.2. The second-order valence-corrected chi connectivity index (χ2v) is 7.52. The quantitative estimate of drug-likeness (QED) is 0.448. The van der Waals surface area contributed by atoms with Gasteiger partial charge in [-0.15, -0.1) is 0 Å². The number of rotatable bonds is 6. The molecule has 2 aromatic rings. The maximum absolute atomic E-state index is 12.4. The number of carbonyl (C=O) groups is 3. The zero-order chi connectivity index (χ0) is 21.5. The van der Waals surface area contributed by atoms with E-state index < -0.39 is 18.0 Å². The number of benzene rings is 2. The highest BCUT2D eigenvalue weighted by atomic mass is 35.5. The molecule has 3 unspecified atom stereocenters. The van der Waals surface area contributed by atoms with Crippen LogP contribution in [0.3, 0.4) is 0 Å². The van der Waals surface area contributed by atoms with Crippen molar-refractivity contribution < 1.29 is 14.4 Å². The number of nitrogens with one attached hydrogen (secondary N) is 5. The highest BCUT2D eigenvalue weighted by molar-refractivity contribution is 6.30. The number of amides is 3. The van der Waals surface area contributed by atoms with Crippen LogP contribution in [-0.4, -0.2) is 23.8 Å². The Morgan fingerprint density at radius 2 is 1.73 bits per heavy atom. The molecular formula is C21H24ClN5O3. The van der Waals surface area contributed by atoms with Crippen molar-refractivity contribution in [1.82, 2.24) is 27.0 Å². The zero-order valence-corrected chi connectivity index (χ0v) is 17.2. The lowest BCUT2D eigenvalue weighted by atomic mass is 10.0. The standard InChI is InChI=1S/C21H24ClN5O3/c1-13(28)23-17(15-7-9-16(22)10-8-15)12-20(29)26-27-21(30)19-11-18(24-25-19)14-5-3-2-4-6-14/h2-10,17-19,24-25H,11-12H2,1H3,(H,23,28)(H,26,29)(H,27,30). The predicted molar refractivity (Wildman–Crippen MR) is 113 cm³/mol. The molecule has 1 fully saturated rings. The van der Waals surface area contributed by atoms with Gasteiger partial charge < -0.3 is 5.32 Å².